The molecule has 1 aromatic carbocycles. The molecule has 0 radical (unpaired) electrons. The zero-order chi connectivity index (χ0) is 14.3. The molecular weight excluding hydrogens is 264 g/mol. The third-order valence-electron chi connectivity index (χ3n) is 2.74. The Morgan fingerprint density at radius 1 is 1.47 bits per heavy atom. The average Bonchev–Trinajstić information content (AvgIpc) is 2.38. The van der Waals surface area contributed by atoms with Gasteiger partial charge in [-0.3, -0.25) is 4.79 Å². The second kappa shape index (κ2) is 7.89. The predicted molar refractivity (Wildman–Crippen MR) is 79.0 cm³/mol. The lowest BCUT2D eigenvalue weighted by atomic mass is 10.2. The number of anilines is 1. The predicted octanol–water partition coefficient (Wildman–Crippen LogP) is 3.07. The summed E-state index contributed by atoms with van der Waals surface area (Å²) in [4.78, 5) is 11.7. The van der Waals surface area contributed by atoms with Crippen molar-refractivity contribution in [3.63, 3.8) is 0 Å². The van der Waals surface area contributed by atoms with Crippen LogP contribution in [-0.4, -0.2) is 25.6 Å². The number of amides is 1. The second-order valence-corrected chi connectivity index (χ2v) is 4.86. The molecule has 0 aliphatic carbocycles. The Labute approximate surface area is 119 Å². The van der Waals surface area contributed by atoms with E-state index >= 15 is 0 Å². The maximum atomic E-state index is 11.7. The van der Waals surface area contributed by atoms with Crippen LogP contribution in [-0.2, 0) is 4.79 Å². The first kappa shape index (κ1) is 15.6. The van der Waals surface area contributed by atoms with Crippen LogP contribution in [0.3, 0.4) is 0 Å². The highest BCUT2D eigenvalue weighted by Gasteiger charge is 2.08. The molecule has 2 N–H and O–H groups in total. The summed E-state index contributed by atoms with van der Waals surface area (Å²) in [6.45, 7) is 4.29. The van der Waals surface area contributed by atoms with Crippen molar-refractivity contribution >= 4 is 23.2 Å². The van der Waals surface area contributed by atoms with Gasteiger partial charge in [-0.15, -0.1) is 0 Å². The summed E-state index contributed by atoms with van der Waals surface area (Å²) in [6, 6.07) is 5.47. The summed E-state index contributed by atoms with van der Waals surface area (Å²) in [5.74, 6) is 0.659. The number of hydrogen-bond acceptors (Lipinski definition) is 3. The van der Waals surface area contributed by atoms with Crippen LogP contribution in [0.4, 0.5) is 5.69 Å². The molecule has 0 aromatic heterocycles. The Morgan fingerprint density at radius 3 is 2.84 bits per heavy atom. The summed E-state index contributed by atoms with van der Waals surface area (Å²) < 4.78 is 5.11. The lowest BCUT2D eigenvalue weighted by molar-refractivity contribution is -0.120. The molecule has 0 heterocycles. The molecule has 0 aliphatic rings. The number of halogens is 1. The largest absolute Gasteiger partial charge is 0.497 e. The fraction of sp³-hybridized carbons (Fsp3) is 0.500. The first-order valence-electron chi connectivity index (χ1n) is 6.43. The molecule has 0 fully saturated rings. The highest BCUT2D eigenvalue weighted by atomic mass is 35.5. The molecule has 0 bridgehead atoms. The summed E-state index contributed by atoms with van der Waals surface area (Å²) in [5, 5.41) is 6.50. The minimum absolute atomic E-state index is 0.0418. The van der Waals surface area contributed by atoms with Gasteiger partial charge in [0.15, 0.2) is 0 Å². The normalized spacial score (nSPS) is 11.8. The highest BCUT2D eigenvalue weighted by molar-refractivity contribution is 6.33. The van der Waals surface area contributed by atoms with Gasteiger partial charge < -0.3 is 15.4 Å². The number of benzene rings is 1. The SMILES string of the molecule is CCCC(C)NC(=O)CNc1cc(OC)ccc1Cl. The highest BCUT2D eigenvalue weighted by Crippen LogP contribution is 2.26. The number of rotatable bonds is 7. The fourth-order valence-electron chi connectivity index (χ4n) is 1.77. The minimum atomic E-state index is -0.0418. The molecule has 1 atom stereocenters. The van der Waals surface area contributed by atoms with E-state index in [4.69, 9.17) is 16.3 Å². The van der Waals surface area contributed by atoms with Gasteiger partial charge >= 0.3 is 0 Å². The van der Waals surface area contributed by atoms with E-state index < -0.39 is 0 Å². The second-order valence-electron chi connectivity index (χ2n) is 4.46. The molecule has 19 heavy (non-hydrogen) atoms. The zero-order valence-electron chi connectivity index (χ0n) is 11.6. The summed E-state index contributed by atoms with van der Waals surface area (Å²) in [7, 11) is 1.59. The molecular formula is C14H21ClN2O2. The van der Waals surface area contributed by atoms with Crippen molar-refractivity contribution in [1.29, 1.82) is 0 Å². The number of carbonyl (C=O) groups excluding carboxylic acids is 1. The number of ether oxygens (including phenoxy) is 1. The van der Waals surface area contributed by atoms with E-state index in [0.717, 1.165) is 12.8 Å². The molecule has 0 aliphatic heterocycles. The Kier molecular flexibility index (Phi) is 6.50. The minimum Gasteiger partial charge on any atom is -0.497 e. The lowest BCUT2D eigenvalue weighted by Crippen LogP contribution is -2.36. The summed E-state index contributed by atoms with van der Waals surface area (Å²) in [5.41, 5.74) is 0.694. The third kappa shape index (κ3) is 5.39. The molecule has 1 aromatic rings. The maximum absolute atomic E-state index is 11.7. The van der Waals surface area contributed by atoms with Gasteiger partial charge in [0.05, 0.1) is 24.4 Å². The first-order chi connectivity index (χ1) is 9.06. The van der Waals surface area contributed by atoms with E-state index in [1.54, 1.807) is 25.3 Å². The van der Waals surface area contributed by atoms with Crippen molar-refractivity contribution in [1.82, 2.24) is 5.32 Å². The van der Waals surface area contributed by atoms with Gasteiger partial charge in [0.25, 0.3) is 0 Å². The standard InChI is InChI=1S/C14H21ClN2O2/c1-4-5-10(2)17-14(18)9-16-13-8-11(19-3)6-7-12(13)15/h6-8,10,16H,4-5,9H2,1-3H3,(H,17,18). The molecule has 1 unspecified atom stereocenters. The van der Waals surface area contributed by atoms with Gasteiger partial charge in [-0.2, -0.15) is 0 Å². The van der Waals surface area contributed by atoms with Crippen molar-refractivity contribution < 1.29 is 9.53 Å². The van der Waals surface area contributed by atoms with Crippen molar-refractivity contribution in [2.45, 2.75) is 32.7 Å². The van der Waals surface area contributed by atoms with Gasteiger partial charge in [0.1, 0.15) is 5.75 Å². The van der Waals surface area contributed by atoms with Crippen LogP contribution >= 0.6 is 11.6 Å². The van der Waals surface area contributed by atoms with Gasteiger partial charge in [-0.1, -0.05) is 24.9 Å². The maximum Gasteiger partial charge on any atom is 0.239 e. The van der Waals surface area contributed by atoms with E-state index in [9.17, 15) is 4.79 Å². The molecule has 106 valence electrons. The zero-order valence-corrected chi connectivity index (χ0v) is 12.4. The topological polar surface area (TPSA) is 50.4 Å². The van der Waals surface area contributed by atoms with Crippen molar-refractivity contribution in [3.8, 4) is 5.75 Å². The molecule has 4 nitrogen and oxygen atoms in total. The van der Waals surface area contributed by atoms with Crippen LogP contribution < -0.4 is 15.4 Å². The van der Waals surface area contributed by atoms with Crippen LogP contribution in [0.1, 0.15) is 26.7 Å². The van der Waals surface area contributed by atoms with E-state index in [1.165, 1.54) is 0 Å². The first-order valence-corrected chi connectivity index (χ1v) is 6.81. The molecule has 1 rings (SSSR count). The fourth-order valence-corrected chi connectivity index (χ4v) is 1.96. The van der Waals surface area contributed by atoms with Crippen LogP contribution in [0.15, 0.2) is 18.2 Å². The van der Waals surface area contributed by atoms with Crippen molar-refractivity contribution in [3.05, 3.63) is 23.2 Å². The van der Waals surface area contributed by atoms with Crippen molar-refractivity contribution in [2.75, 3.05) is 19.0 Å². The quantitative estimate of drug-likeness (QED) is 0.809. The number of methoxy groups -OCH3 is 1. The van der Waals surface area contributed by atoms with E-state index in [1.807, 2.05) is 6.92 Å². The number of hydrogen-bond donors (Lipinski definition) is 2. The molecule has 0 saturated carbocycles. The summed E-state index contributed by atoms with van der Waals surface area (Å²) in [6.07, 6.45) is 2.03. The van der Waals surface area contributed by atoms with Crippen LogP contribution in [0, 0.1) is 0 Å². The van der Waals surface area contributed by atoms with E-state index in [2.05, 4.69) is 17.6 Å². The van der Waals surface area contributed by atoms with Crippen LogP contribution in [0.5, 0.6) is 5.75 Å². The van der Waals surface area contributed by atoms with Crippen LogP contribution in [0.25, 0.3) is 0 Å². The molecule has 0 saturated heterocycles. The van der Waals surface area contributed by atoms with Gasteiger partial charge in [0, 0.05) is 12.1 Å². The van der Waals surface area contributed by atoms with Gasteiger partial charge in [-0.25, -0.2) is 0 Å². The lowest BCUT2D eigenvalue weighted by Gasteiger charge is -2.14. The Hall–Kier alpha value is -1.42. The Bertz CT molecular complexity index is 424. The number of nitrogens with one attached hydrogen (secondary N) is 2. The smallest absolute Gasteiger partial charge is 0.239 e. The van der Waals surface area contributed by atoms with Gasteiger partial charge in [-0.05, 0) is 25.5 Å². The average molecular weight is 285 g/mol. The molecule has 1 amide bonds. The number of carbonyl (C=O) groups is 1. The Balaban J connectivity index is 2.50. The van der Waals surface area contributed by atoms with E-state index in [-0.39, 0.29) is 18.5 Å². The van der Waals surface area contributed by atoms with Gasteiger partial charge in [0.2, 0.25) is 5.91 Å². The molecule has 0 spiro atoms. The summed E-state index contributed by atoms with van der Waals surface area (Å²) >= 11 is 6.04. The Morgan fingerprint density at radius 2 is 2.21 bits per heavy atom. The third-order valence-corrected chi connectivity index (χ3v) is 3.07. The monoisotopic (exact) mass is 284 g/mol. The van der Waals surface area contributed by atoms with Crippen LogP contribution in [0.2, 0.25) is 5.02 Å². The molecule has 5 heteroatoms. The van der Waals surface area contributed by atoms with Crippen molar-refractivity contribution in [2.24, 2.45) is 0 Å². The van der Waals surface area contributed by atoms with E-state index in [0.29, 0.717) is 16.5 Å².